The van der Waals surface area contributed by atoms with Gasteiger partial charge in [-0.3, -0.25) is 9.89 Å². The minimum absolute atomic E-state index is 0.00768. The summed E-state index contributed by atoms with van der Waals surface area (Å²) in [5, 5.41) is 9.93. The maximum atomic E-state index is 12.4. The van der Waals surface area contributed by atoms with Crippen molar-refractivity contribution in [1.82, 2.24) is 20.4 Å². The Hall–Kier alpha value is -3.06. The lowest BCUT2D eigenvalue weighted by Gasteiger charge is -2.25. The van der Waals surface area contributed by atoms with Crippen LogP contribution in [-0.2, 0) is 13.1 Å². The highest BCUT2D eigenvalue weighted by Crippen LogP contribution is 2.19. The van der Waals surface area contributed by atoms with Gasteiger partial charge in [0.2, 0.25) is 0 Å². The molecule has 176 valence electrons. The highest BCUT2D eigenvalue weighted by atomic mass is 16.2. The number of carbonyl (C=O) groups excluding carboxylic acids is 1. The van der Waals surface area contributed by atoms with Crippen LogP contribution in [0.3, 0.4) is 0 Å². The third kappa shape index (κ3) is 6.71. The number of likely N-dealkylation sites (tertiary alicyclic amines) is 2. The molecule has 1 atom stereocenters. The Bertz CT molecular complexity index is 925. The van der Waals surface area contributed by atoms with E-state index in [0.29, 0.717) is 12.6 Å². The molecule has 0 radical (unpaired) electrons. The molecule has 0 aromatic heterocycles. The first kappa shape index (κ1) is 23.1. The number of guanidine groups is 1. The molecule has 2 aliphatic heterocycles. The topological polar surface area (TPSA) is 72.0 Å². The Kier molecular flexibility index (Phi) is 8.19. The molecule has 0 saturated carbocycles. The molecule has 4 rings (SSSR count). The van der Waals surface area contributed by atoms with E-state index in [1.165, 1.54) is 18.4 Å². The van der Waals surface area contributed by atoms with Gasteiger partial charge in [-0.25, -0.2) is 4.79 Å². The average molecular weight is 449 g/mol. The molecule has 2 saturated heterocycles. The minimum Gasteiger partial charge on any atom is -0.355 e. The van der Waals surface area contributed by atoms with Crippen LogP contribution in [-0.4, -0.2) is 61.1 Å². The van der Waals surface area contributed by atoms with Gasteiger partial charge >= 0.3 is 6.03 Å². The van der Waals surface area contributed by atoms with E-state index in [1.807, 2.05) is 23.1 Å². The van der Waals surface area contributed by atoms with E-state index < -0.39 is 0 Å². The molecule has 2 amide bonds. The molecule has 3 N–H and O–H groups in total. The normalized spacial score (nSPS) is 19.0. The van der Waals surface area contributed by atoms with Crippen molar-refractivity contribution in [3.8, 4) is 0 Å². The van der Waals surface area contributed by atoms with Crippen molar-refractivity contribution >= 4 is 17.7 Å². The van der Waals surface area contributed by atoms with E-state index >= 15 is 0 Å². The van der Waals surface area contributed by atoms with Gasteiger partial charge in [0.05, 0.1) is 0 Å². The van der Waals surface area contributed by atoms with Crippen molar-refractivity contribution < 1.29 is 4.79 Å². The highest BCUT2D eigenvalue weighted by Gasteiger charge is 2.24. The number of aliphatic imine (C=N–C) groups is 1. The number of urea groups is 1. The average Bonchev–Trinajstić information content (AvgIpc) is 3.53. The molecule has 0 spiro atoms. The summed E-state index contributed by atoms with van der Waals surface area (Å²) in [6, 6.07) is 19.2. The van der Waals surface area contributed by atoms with Gasteiger partial charge in [0.1, 0.15) is 0 Å². The number of amides is 2. The molecule has 2 aromatic rings. The van der Waals surface area contributed by atoms with Gasteiger partial charge in [-0.05, 0) is 55.5 Å². The summed E-state index contributed by atoms with van der Waals surface area (Å²) in [6.07, 6.45) is 4.62. The van der Waals surface area contributed by atoms with Gasteiger partial charge in [-0.1, -0.05) is 42.5 Å². The smallest absolute Gasteiger partial charge is 0.321 e. The maximum absolute atomic E-state index is 12.4. The van der Waals surface area contributed by atoms with E-state index in [0.717, 1.165) is 62.8 Å². The Morgan fingerprint density at radius 2 is 1.76 bits per heavy atom. The number of anilines is 1. The summed E-state index contributed by atoms with van der Waals surface area (Å²) in [6.45, 7) is 5.35. The second kappa shape index (κ2) is 11.7. The van der Waals surface area contributed by atoms with E-state index in [9.17, 15) is 4.79 Å². The molecular weight excluding hydrogens is 412 g/mol. The quantitative estimate of drug-likeness (QED) is 0.447. The number of hydrogen-bond donors (Lipinski definition) is 3. The first-order chi connectivity index (χ1) is 16.2. The number of rotatable bonds is 7. The minimum atomic E-state index is -0.00768. The SMILES string of the molecule is CN=C(NCc1cccc(NC(=O)N2CCCC2)c1)NCC1CCCN1Cc1ccccc1. The van der Waals surface area contributed by atoms with Gasteiger partial charge in [-0.2, -0.15) is 0 Å². The largest absolute Gasteiger partial charge is 0.355 e. The molecule has 7 heteroatoms. The van der Waals surface area contributed by atoms with Gasteiger partial charge in [0.25, 0.3) is 0 Å². The van der Waals surface area contributed by atoms with Crippen LogP contribution in [0.4, 0.5) is 10.5 Å². The first-order valence-corrected chi connectivity index (χ1v) is 12.1. The summed E-state index contributed by atoms with van der Waals surface area (Å²) < 4.78 is 0. The Labute approximate surface area is 197 Å². The summed E-state index contributed by atoms with van der Waals surface area (Å²) >= 11 is 0. The van der Waals surface area contributed by atoms with Crippen LogP contribution in [0.25, 0.3) is 0 Å². The molecule has 7 nitrogen and oxygen atoms in total. The van der Waals surface area contributed by atoms with Crippen molar-refractivity contribution in [2.45, 2.75) is 44.8 Å². The van der Waals surface area contributed by atoms with Gasteiger partial charge in [0, 0.05) is 51.5 Å². The fourth-order valence-electron chi connectivity index (χ4n) is 4.66. The van der Waals surface area contributed by atoms with E-state index in [4.69, 9.17) is 0 Å². The predicted molar refractivity (Wildman–Crippen MR) is 134 cm³/mol. The van der Waals surface area contributed by atoms with Crippen LogP contribution < -0.4 is 16.0 Å². The predicted octanol–water partition coefficient (Wildman–Crippen LogP) is 3.64. The standard InChI is InChI=1S/C26H36N6O/c1-27-25(29-19-24-13-8-16-32(24)20-21-9-3-2-4-10-21)28-18-22-11-7-12-23(17-22)30-26(33)31-14-5-6-15-31/h2-4,7,9-12,17,24H,5-6,8,13-16,18-20H2,1H3,(H,30,33)(H2,27,28,29). The third-order valence-electron chi connectivity index (χ3n) is 6.49. The van der Waals surface area contributed by atoms with Crippen molar-refractivity contribution in [3.05, 3.63) is 65.7 Å². The summed E-state index contributed by atoms with van der Waals surface area (Å²) in [5.41, 5.74) is 3.30. The van der Waals surface area contributed by atoms with E-state index in [-0.39, 0.29) is 6.03 Å². The number of hydrogen-bond acceptors (Lipinski definition) is 3. The van der Waals surface area contributed by atoms with Crippen molar-refractivity contribution in [2.24, 2.45) is 4.99 Å². The summed E-state index contributed by atoms with van der Waals surface area (Å²) in [7, 11) is 1.80. The van der Waals surface area contributed by atoms with Crippen LogP contribution >= 0.6 is 0 Å². The van der Waals surface area contributed by atoms with Crippen LogP contribution in [0.15, 0.2) is 59.6 Å². The number of nitrogens with one attached hydrogen (secondary N) is 3. The molecule has 2 fully saturated rings. The van der Waals surface area contributed by atoms with E-state index in [2.05, 4.69) is 62.2 Å². The van der Waals surface area contributed by atoms with Crippen LogP contribution in [0.1, 0.15) is 36.8 Å². The zero-order chi connectivity index (χ0) is 22.9. The Morgan fingerprint density at radius 3 is 2.55 bits per heavy atom. The van der Waals surface area contributed by atoms with Gasteiger partial charge in [-0.15, -0.1) is 0 Å². The highest BCUT2D eigenvalue weighted by molar-refractivity contribution is 5.89. The van der Waals surface area contributed by atoms with E-state index in [1.54, 1.807) is 7.05 Å². The molecule has 2 aliphatic rings. The van der Waals surface area contributed by atoms with Crippen LogP contribution in [0.5, 0.6) is 0 Å². The van der Waals surface area contributed by atoms with Gasteiger partial charge < -0.3 is 20.9 Å². The molecule has 33 heavy (non-hydrogen) atoms. The number of nitrogens with zero attached hydrogens (tertiary/aromatic N) is 3. The summed E-state index contributed by atoms with van der Waals surface area (Å²) in [5.74, 6) is 0.799. The molecule has 2 aromatic carbocycles. The third-order valence-corrected chi connectivity index (χ3v) is 6.49. The molecule has 2 heterocycles. The van der Waals surface area contributed by atoms with Crippen LogP contribution in [0.2, 0.25) is 0 Å². The molecular formula is C26H36N6O. The zero-order valence-corrected chi connectivity index (χ0v) is 19.6. The second-order valence-corrected chi connectivity index (χ2v) is 8.88. The lowest BCUT2D eigenvalue weighted by Crippen LogP contribution is -2.44. The molecule has 1 unspecified atom stereocenters. The monoisotopic (exact) mass is 448 g/mol. The number of benzene rings is 2. The fourth-order valence-corrected chi connectivity index (χ4v) is 4.66. The van der Waals surface area contributed by atoms with Crippen molar-refractivity contribution in [1.29, 1.82) is 0 Å². The molecule has 0 bridgehead atoms. The number of carbonyl (C=O) groups is 1. The lowest BCUT2D eigenvalue weighted by molar-refractivity contribution is 0.222. The Morgan fingerprint density at radius 1 is 0.970 bits per heavy atom. The maximum Gasteiger partial charge on any atom is 0.321 e. The second-order valence-electron chi connectivity index (χ2n) is 8.88. The molecule has 0 aliphatic carbocycles. The van der Waals surface area contributed by atoms with Crippen LogP contribution in [0, 0.1) is 0 Å². The van der Waals surface area contributed by atoms with Gasteiger partial charge in [0.15, 0.2) is 5.96 Å². The lowest BCUT2D eigenvalue weighted by atomic mass is 10.2. The van der Waals surface area contributed by atoms with Crippen molar-refractivity contribution in [2.75, 3.05) is 38.5 Å². The summed E-state index contributed by atoms with van der Waals surface area (Å²) in [4.78, 5) is 21.2. The fraction of sp³-hybridized carbons (Fsp3) is 0.462. The zero-order valence-electron chi connectivity index (χ0n) is 19.6. The first-order valence-electron chi connectivity index (χ1n) is 12.1. The Balaban J connectivity index is 1.24. The van der Waals surface area contributed by atoms with Crippen molar-refractivity contribution in [3.63, 3.8) is 0 Å².